The first kappa shape index (κ1) is 11.2. The quantitative estimate of drug-likeness (QED) is 0.729. The molecule has 0 spiro atoms. The molecule has 1 aromatic carbocycles. The molecule has 3 rings (SSSR count). The molecule has 90 valence electrons. The highest BCUT2D eigenvalue weighted by atomic mass is 35.5. The fourth-order valence-corrected chi connectivity index (χ4v) is 2.19. The van der Waals surface area contributed by atoms with Crippen molar-refractivity contribution in [3.05, 3.63) is 34.9 Å². The topological polar surface area (TPSA) is 77.8 Å². The van der Waals surface area contributed by atoms with E-state index in [0.29, 0.717) is 28.0 Å². The average Bonchev–Trinajstić information content (AvgIpc) is 3.00. The Morgan fingerprint density at radius 3 is 3.00 bits per heavy atom. The zero-order chi connectivity index (χ0) is 12.5. The number of aromatic nitrogens is 3. The number of hydrogen-bond acceptors (Lipinski definition) is 6. The van der Waals surface area contributed by atoms with E-state index in [-0.39, 0.29) is 0 Å². The van der Waals surface area contributed by atoms with Crippen LogP contribution in [0, 0.1) is 0 Å². The maximum atomic E-state index is 5.92. The van der Waals surface area contributed by atoms with Crippen LogP contribution in [-0.2, 0) is 0 Å². The van der Waals surface area contributed by atoms with Crippen LogP contribution < -0.4 is 5.73 Å². The van der Waals surface area contributed by atoms with E-state index >= 15 is 0 Å². The normalized spacial score (nSPS) is 10.7. The zero-order valence-electron chi connectivity index (χ0n) is 9.00. The summed E-state index contributed by atoms with van der Waals surface area (Å²) in [4.78, 5) is 9.08. The Balaban J connectivity index is 2.05. The third kappa shape index (κ3) is 1.96. The molecule has 3 aromatic rings. The predicted molar refractivity (Wildman–Crippen MR) is 70.3 cm³/mol. The lowest BCUT2D eigenvalue weighted by atomic mass is 10.2. The Kier molecular flexibility index (Phi) is 2.73. The van der Waals surface area contributed by atoms with E-state index in [9.17, 15) is 0 Å². The van der Waals surface area contributed by atoms with Gasteiger partial charge in [0.05, 0.1) is 16.0 Å². The van der Waals surface area contributed by atoms with Gasteiger partial charge in [-0.25, -0.2) is 0 Å². The van der Waals surface area contributed by atoms with Gasteiger partial charge in [0.15, 0.2) is 0 Å². The first-order valence-electron chi connectivity index (χ1n) is 5.02. The lowest BCUT2D eigenvalue weighted by Gasteiger charge is -1.99. The van der Waals surface area contributed by atoms with Crippen molar-refractivity contribution in [2.75, 3.05) is 5.73 Å². The van der Waals surface area contributed by atoms with Gasteiger partial charge in [-0.05, 0) is 18.2 Å². The summed E-state index contributed by atoms with van der Waals surface area (Å²) >= 11 is 7.36. The van der Waals surface area contributed by atoms with Crippen molar-refractivity contribution in [1.82, 2.24) is 15.1 Å². The number of benzene rings is 1. The highest BCUT2D eigenvalue weighted by Gasteiger charge is 2.14. The molecule has 0 saturated carbocycles. The van der Waals surface area contributed by atoms with Crippen molar-refractivity contribution in [1.29, 1.82) is 0 Å². The fourth-order valence-electron chi connectivity index (χ4n) is 1.47. The molecule has 2 heterocycles. The van der Waals surface area contributed by atoms with Crippen LogP contribution in [0.4, 0.5) is 5.69 Å². The molecule has 5 nitrogen and oxygen atoms in total. The minimum atomic E-state index is 0.346. The summed E-state index contributed by atoms with van der Waals surface area (Å²) < 4.78 is 5.19. The largest absolute Gasteiger partial charge is 0.398 e. The van der Waals surface area contributed by atoms with Crippen LogP contribution in [0.5, 0.6) is 0 Å². The number of halogens is 1. The van der Waals surface area contributed by atoms with Crippen LogP contribution in [0.1, 0.15) is 0 Å². The lowest BCUT2D eigenvalue weighted by molar-refractivity contribution is 0.432. The molecule has 0 aliphatic carbocycles. The molecule has 2 N–H and O–H groups in total. The van der Waals surface area contributed by atoms with Gasteiger partial charge in [-0.1, -0.05) is 16.8 Å². The predicted octanol–water partition coefficient (Wildman–Crippen LogP) is 3.10. The molecule has 7 heteroatoms. The van der Waals surface area contributed by atoms with Crippen molar-refractivity contribution < 1.29 is 4.52 Å². The Hall–Kier alpha value is -1.92. The second kappa shape index (κ2) is 4.40. The van der Waals surface area contributed by atoms with Gasteiger partial charge in [0.1, 0.15) is 0 Å². The van der Waals surface area contributed by atoms with Crippen LogP contribution >= 0.6 is 22.9 Å². The summed E-state index contributed by atoms with van der Waals surface area (Å²) in [5.41, 5.74) is 8.73. The van der Waals surface area contributed by atoms with E-state index in [0.717, 1.165) is 4.88 Å². The standard InChI is InChI=1S/C11H7ClN4OS/c12-6-1-2-8(13)7(3-6)11-15-10(16-17-11)9-4-14-5-18-9/h1-5H,13H2. The van der Waals surface area contributed by atoms with Gasteiger partial charge in [-0.15, -0.1) is 11.3 Å². The number of rotatable bonds is 2. The first-order valence-corrected chi connectivity index (χ1v) is 6.28. The van der Waals surface area contributed by atoms with E-state index < -0.39 is 0 Å². The minimum Gasteiger partial charge on any atom is -0.398 e. The van der Waals surface area contributed by atoms with Gasteiger partial charge in [0.2, 0.25) is 5.82 Å². The van der Waals surface area contributed by atoms with Crippen molar-refractivity contribution in [2.24, 2.45) is 0 Å². The number of thiazole rings is 1. The van der Waals surface area contributed by atoms with E-state index in [1.807, 2.05) is 0 Å². The Bertz CT molecular complexity index is 680. The number of hydrogen-bond donors (Lipinski definition) is 1. The molecule has 2 aromatic heterocycles. The number of anilines is 1. The summed E-state index contributed by atoms with van der Waals surface area (Å²) in [5.74, 6) is 0.838. The molecule has 0 unspecified atom stereocenters. The molecule has 18 heavy (non-hydrogen) atoms. The monoisotopic (exact) mass is 278 g/mol. The minimum absolute atomic E-state index is 0.346. The van der Waals surface area contributed by atoms with Crippen LogP contribution in [0.15, 0.2) is 34.4 Å². The molecule has 0 aliphatic rings. The van der Waals surface area contributed by atoms with Gasteiger partial charge in [-0.3, -0.25) is 4.98 Å². The number of nitrogens with two attached hydrogens (primary N) is 1. The summed E-state index contributed by atoms with van der Waals surface area (Å²) in [5, 5.41) is 4.46. The molecule has 0 fully saturated rings. The highest BCUT2D eigenvalue weighted by molar-refractivity contribution is 7.13. The summed E-state index contributed by atoms with van der Waals surface area (Å²) in [6, 6.07) is 5.11. The van der Waals surface area contributed by atoms with E-state index in [1.54, 1.807) is 29.9 Å². The van der Waals surface area contributed by atoms with Gasteiger partial charge in [-0.2, -0.15) is 4.98 Å². The third-order valence-electron chi connectivity index (χ3n) is 2.32. The van der Waals surface area contributed by atoms with Gasteiger partial charge < -0.3 is 10.3 Å². The van der Waals surface area contributed by atoms with Crippen LogP contribution in [0.2, 0.25) is 5.02 Å². The third-order valence-corrected chi connectivity index (χ3v) is 3.33. The van der Waals surface area contributed by atoms with Crippen LogP contribution in [-0.4, -0.2) is 15.1 Å². The molecule has 0 radical (unpaired) electrons. The molecular formula is C11H7ClN4OS. The van der Waals surface area contributed by atoms with Crippen LogP contribution in [0.25, 0.3) is 22.2 Å². The maximum Gasteiger partial charge on any atom is 0.260 e. The fraction of sp³-hybridized carbons (Fsp3) is 0. The summed E-state index contributed by atoms with van der Waals surface area (Å²) in [6.07, 6.45) is 1.68. The second-order valence-electron chi connectivity index (χ2n) is 3.52. The van der Waals surface area contributed by atoms with Gasteiger partial charge >= 0.3 is 0 Å². The smallest absolute Gasteiger partial charge is 0.260 e. The van der Waals surface area contributed by atoms with Crippen molar-refractivity contribution in [3.8, 4) is 22.2 Å². The summed E-state index contributed by atoms with van der Waals surface area (Å²) in [6.45, 7) is 0. The van der Waals surface area contributed by atoms with Crippen molar-refractivity contribution >= 4 is 28.6 Å². The number of nitrogens with zero attached hydrogens (tertiary/aromatic N) is 3. The zero-order valence-corrected chi connectivity index (χ0v) is 10.6. The van der Waals surface area contributed by atoms with Crippen LogP contribution in [0.3, 0.4) is 0 Å². The van der Waals surface area contributed by atoms with Gasteiger partial charge in [0.25, 0.3) is 5.89 Å². The molecule has 0 atom stereocenters. The van der Waals surface area contributed by atoms with Crippen molar-refractivity contribution in [2.45, 2.75) is 0 Å². The molecular weight excluding hydrogens is 272 g/mol. The molecule has 0 bridgehead atoms. The van der Waals surface area contributed by atoms with E-state index in [4.69, 9.17) is 21.9 Å². The number of nitrogen functional groups attached to an aromatic ring is 1. The Labute approximate surface area is 111 Å². The molecule has 0 saturated heterocycles. The Morgan fingerprint density at radius 2 is 2.22 bits per heavy atom. The SMILES string of the molecule is Nc1ccc(Cl)cc1-c1nc(-c2cncs2)no1. The second-order valence-corrected chi connectivity index (χ2v) is 4.84. The van der Waals surface area contributed by atoms with E-state index in [1.165, 1.54) is 11.3 Å². The van der Waals surface area contributed by atoms with Crippen molar-refractivity contribution in [3.63, 3.8) is 0 Å². The van der Waals surface area contributed by atoms with E-state index in [2.05, 4.69) is 15.1 Å². The Morgan fingerprint density at radius 1 is 1.33 bits per heavy atom. The summed E-state index contributed by atoms with van der Waals surface area (Å²) in [7, 11) is 0. The molecule has 0 aliphatic heterocycles. The first-order chi connectivity index (χ1) is 8.74. The lowest BCUT2D eigenvalue weighted by Crippen LogP contribution is -1.89. The van der Waals surface area contributed by atoms with Gasteiger partial charge in [0, 0.05) is 16.9 Å². The molecule has 0 amide bonds. The highest BCUT2D eigenvalue weighted by Crippen LogP contribution is 2.29. The maximum absolute atomic E-state index is 5.92. The average molecular weight is 279 g/mol.